The Bertz CT molecular complexity index is 1120. The molecular weight excluding hydrogens is 384 g/mol. The van der Waals surface area contributed by atoms with E-state index in [1.807, 2.05) is 24.3 Å². The maximum absolute atomic E-state index is 12.4. The average molecular weight is 409 g/mol. The van der Waals surface area contributed by atoms with Gasteiger partial charge in [0.05, 0.1) is 18.4 Å². The van der Waals surface area contributed by atoms with E-state index in [9.17, 15) is 13.2 Å². The van der Waals surface area contributed by atoms with E-state index in [4.69, 9.17) is 0 Å². The zero-order chi connectivity index (χ0) is 20.9. The molecule has 0 aliphatic heterocycles. The van der Waals surface area contributed by atoms with E-state index >= 15 is 0 Å². The lowest BCUT2D eigenvalue weighted by molar-refractivity contribution is -0.120. The van der Waals surface area contributed by atoms with Crippen molar-refractivity contribution in [3.63, 3.8) is 0 Å². The van der Waals surface area contributed by atoms with E-state index in [2.05, 4.69) is 41.2 Å². The summed E-state index contributed by atoms with van der Waals surface area (Å²) in [6, 6.07) is 23.2. The minimum atomic E-state index is -3.41. The van der Waals surface area contributed by atoms with Gasteiger partial charge in [-0.3, -0.25) is 9.52 Å². The van der Waals surface area contributed by atoms with Crippen LogP contribution in [0.1, 0.15) is 16.7 Å². The van der Waals surface area contributed by atoms with E-state index in [1.54, 1.807) is 24.3 Å². The van der Waals surface area contributed by atoms with Crippen molar-refractivity contribution in [3.05, 3.63) is 89.5 Å². The number of anilines is 1. The number of hydrogen-bond acceptors (Lipinski definition) is 3. The first-order valence-corrected chi connectivity index (χ1v) is 11.2. The molecule has 0 bridgehead atoms. The van der Waals surface area contributed by atoms with Gasteiger partial charge in [-0.1, -0.05) is 66.2 Å². The van der Waals surface area contributed by atoms with E-state index in [1.165, 1.54) is 5.56 Å². The highest BCUT2D eigenvalue weighted by molar-refractivity contribution is 7.92. The summed E-state index contributed by atoms with van der Waals surface area (Å²) in [5.74, 6) is -0.172. The van der Waals surface area contributed by atoms with Crippen molar-refractivity contribution >= 4 is 21.6 Å². The minimum absolute atomic E-state index is 0.0935. The van der Waals surface area contributed by atoms with Crippen LogP contribution in [-0.4, -0.2) is 20.6 Å². The SMILES string of the molecule is Cc1cccc(-c2cccc(CNC(=O)Cc3ccccc3NS(C)(=O)=O)c2)c1. The molecule has 2 N–H and O–H groups in total. The lowest BCUT2D eigenvalue weighted by Crippen LogP contribution is -2.25. The number of rotatable bonds is 7. The van der Waals surface area contributed by atoms with Gasteiger partial charge >= 0.3 is 0 Å². The molecule has 150 valence electrons. The summed E-state index contributed by atoms with van der Waals surface area (Å²) >= 11 is 0. The lowest BCUT2D eigenvalue weighted by Gasteiger charge is -2.11. The molecule has 29 heavy (non-hydrogen) atoms. The third kappa shape index (κ3) is 6.19. The second kappa shape index (κ2) is 8.92. The number of aryl methyl sites for hydroxylation is 1. The maximum atomic E-state index is 12.4. The van der Waals surface area contributed by atoms with Crippen LogP contribution in [0.4, 0.5) is 5.69 Å². The second-order valence-electron chi connectivity index (χ2n) is 7.05. The van der Waals surface area contributed by atoms with E-state index in [0.29, 0.717) is 17.8 Å². The smallest absolute Gasteiger partial charge is 0.229 e. The fourth-order valence-corrected chi connectivity index (χ4v) is 3.69. The summed E-state index contributed by atoms with van der Waals surface area (Å²) in [4.78, 5) is 12.4. The summed E-state index contributed by atoms with van der Waals surface area (Å²) in [6.45, 7) is 2.46. The minimum Gasteiger partial charge on any atom is -0.352 e. The number of sulfonamides is 1. The molecule has 3 rings (SSSR count). The Morgan fingerprint density at radius 1 is 0.897 bits per heavy atom. The Morgan fingerprint density at radius 3 is 2.31 bits per heavy atom. The molecule has 5 nitrogen and oxygen atoms in total. The topological polar surface area (TPSA) is 75.3 Å². The molecule has 3 aromatic carbocycles. The molecule has 0 aliphatic carbocycles. The normalized spacial score (nSPS) is 11.1. The molecule has 3 aromatic rings. The molecule has 0 aromatic heterocycles. The number of hydrogen-bond donors (Lipinski definition) is 2. The second-order valence-corrected chi connectivity index (χ2v) is 8.80. The van der Waals surface area contributed by atoms with Crippen molar-refractivity contribution in [2.75, 3.05) is 11.0 Å². The molecule has 0 atom stereocenters. The van der Waals surface area contributed by atoms with Crippen LogP contribution in [0, 0.1) is 6.92 Å². The van der Waals surface area contributed by atoms with E-state index < -0.39 is 10.0 Å². The number of para-hydroxylation sites is 1. The Morgan fingerprint density at radius 2 is 1.59 bits per heavy atom. The Balaban J connectivity index is 1.66. The third-order valence-corrected chi connectivity index (χ3v) is 5.02. The number of nitrogens with one attached hydrogen (secondary N) is 2. The number of benzene rings is 3. The Labute approximate surface area is 171 Å². The third-order valence-electron chi connectivity index (χ3n) is 4.43. The zero-order valence-electron chi connectivity index (χ0n) is 16.5. The first-order valence-electron chi connectivity index (χ1n) is 9.28. The van der Waals surface area contributed by atoms with Crippen molar-refractivity contribution < 1.29 is 13.2 Å². The van der Waals surface area contributed by atoms with Crippen LogP contribution in [0.2, 0.25) is 0 Å². The van der Waals surface area contributed by atoms with Crippen LogP contribution in [0.25, 0.3) is 11.1 Å². The predicted molar refractivity (Wildman–Crippen MR) is 117 cm³/mol. The fourth-order valence-electron chi connectivity index (χ4n) is 3.10. The van der Waals surface area contributed by atoms with Crippen LogP contribution >= 0.6 is 0 Å². The first-order chi connectivity index (χ1) is 13.8. The van der Waals surface area contributed by atoms with Crippen molar-refractivity contribution in [3.8, 4) is 11.1 Å². The highest BCUT2D eigenvalue weighted by atomic mass is 32.2. The van der Waals surface area contributed by atoms with Crippen molar-refractivity contribution in [2.45, 2.75) is 19.9 Å². The molecule has 0 saturated carbocycles. The molecule has 1 amide bonds. The van der Waals surface area contributed by atoms with E-state index in [-0.39, 0.29) is 12.3 Å². The summed E-state index contributed by atoms with van der Waals surface area (Å²) < 4.78 is 25.5. The standard InChI is InChI=1S/C23H24N2O3S/c1-17-7-5-10-19(13-17)20-11-6-8-18(14-20)16-24-23(26)15-21-9-3-4-12-22(21)25-29(2,27)28/h3-14,25H,15-16H2,1-2H3,(H,24,26). The predicted octanol–water partition coefficient (Wildman–Crippen LogP) is 3.89. The highest BCUT2D eigenvalue weighted by Gasteiger charge is 2.11. The van der Waals surface area contributed by atoms with Gasteiger partial charge in [-0.05, 0) is 41.3 Å². The van der Waals surface area contributed by atoms with Gasteiger partial charge in [-0.2, -0.15) is 0 Å². The van der Waals surface area contributed by atoms with Gasteiger partial charge in [0.1, 0.15) is 0 Å². The van der Waals surface area contributed by atoms with Crippen molar-refractivity contribution in [1.29, 1.82) is 0 Å². The molecule has 6 heteroatoms. The van der Waals surface area contributed by atoms with Gasteiger partial charge in [0.2, 0.25) is 15.9 Å². The van der Waals surface area contributed by atoms with Gasteiger partial charge in [-0.25, -0.2) is 8.42 Å². The number of carbonyl (C=O) groups excluding carboxylic acids is 1. The van der Waals surface area contributed by atoms with Crippen molar-refractivity contribution in [1.82, 2.24) is 5.32 Å². The summed E-state index contributed by atoms with van der Waals surface area (Å²) in [5.41, 5.74) is 5.49. The fraction of sp³-hybridized carbons (Fsp3) is 0.174. The quantitative estimate of drug-likeness (QED) is 0.623. The van der Waals surface area contributed by atoms with E-state index in [0.717, 1.165) is 22.9 Å². The average Bonchev–Trinajstić information content (AvgIpc) is 2.67. The van der Waals surface area contributed by atoms with Crippen LogP contribution < -0.4 is 10.0 Å². The number of carbonyl (C=O) groups is 1. The van der Waals surface area contributed by atoms with Gasteiger partial charge in [0.15, 0.2) is 0 Å². The maximum Gasteiger partial charge on any atom is 0.229 e. The van der Waals surface area contributed by atoms with Crippen molar-refractivity contribution in [2.24, 2.45) is 0 Å². The molecular formula is C23H24N2O3S. The molecule has 0 spiro atoms. The molecule has 0 saturated heterocycles. The summed E-state index contributed by atoms with van der Waals surface area (Å²) in [6.07, 6.45) is 1.18. The summed E-state index contributed by atoms with van der Waals surface area (Å²) in [7, 11) is -3.41. The van der Waals surface area contributed by atoms with Crippen LogP contribution in [0.15, 0.2) is 72.8 Å². The zero-order valence-corrected chi connectivity index (χ0v) is 17.3. The Hall–Kier alpha value is -3.12. The molecule has 0 unspecified atom stereocenters. The molecule has 0 radical (unpaired) electrons. The van der Waals surface area contributed by atoms with Gasteiger partial charge in [0, 0.05) is 6.54 Å². The molecule has 0 fully saturated rings. The van der Waals surface area contributed by atoms with Gasteiger partial charge in [0.25, 0.3) is 0 Å². The largest absolute Gasteiger partial charge is 0.352 e. The molecule has 0 heterocycles. The Kier molecular flexibility index (Phi) is 6.34. The van der Waals surface area contributed by atoms with Gasteiger partial charge in [-0.15, -0.1) is 0 Å². The lowest BCUT2D eigenvalue weighted by atomic mass is 10.0. The van der Waals surface area contributed by atoms with Crippen LogP contribution in [0.3, 0.4) is 0 Å². The summed E-state index contributed by atoms with van der Waals surface area (Å²) in [5, 5.41) is 2.91. The van der Waals surface area contributed by atoms with Crippen LogP contribution in [0.5, 0.6) is 0 Å². The van der Waals surface area contributed by atoms with Gasteiger partial charge < -0.3 is 5.32 Å². The molecule has 0 aliphatic rings. The first kappa shape index (κ1) is 20.6. The monoisotopic (exact) mass is 408 g/mol. The number of amides is 1. The van der Waals surface area contributed by atoms with Crippen LogP contribution in [-0.2, 0) is 27.8 Å². The highest BCUT2D eigenvalue weighted by Crippen LogP contribution is 2.21.